The zero-order chi connectivity index (χ0) is 15.2. The Kier molecular flexibility index (Phi) is 6.04. The second-order valence-electron chi connectivity index (χ2n) is 6.70. The molecule has 118 valence electrons. The lowest BCUT2D eigenvalue weighted by Crippen LogP contribution is -2.34. The van der Waals surface area contributed by atoms with E-state index in [0.717, 1.165) is 18.7 Å². The van der Waals surface area contributed by atoms with E-state index in [9.17, 15) is 4.39 Å². The van der Waals surface area contributed by atoms with Gasteiger partial charge in [0, 0.05) is 25.3 Å². The van der Waals surface area contributed by atoms with Crippen LogP contribution in [0.5, 0.6) is 0 Å². The van der Waals surface area contributed by atoms with Crippen molar-refractivity contribution in [3.8, 4) is 0 Å². The molecule has 1 aromatic carbocycles. The van der Waals surface area contributed by atoms with Crippen LogP contribution in [0.15, 0.2) is 18.2 Å². The molecule has 0 amide bonds. The minimum absolute atomic E-state index is 0.142. The van der Waals surface area contributed by atoms with Gasteiger partial charge in [0.1, 0.15) is 5.82 Å². The molecule has 0 spiro atoms. The second kappa shape index (κ2) is 7.79. The summed E-state index contributed by atoms with van der Waals surface area (Å²) in [6.07, 6.45) is 6.50. The molecular formula is C18H29FN2. The normalized spacial score (nSPS) is 16.4. The number of halogens is 1. The molecule has 0 saturated heterocycles. The van der Waals surface area contributed by atoms with Gasteiger partial charge in [0.2, 0.25) is 0 Å². The van der Waals surface area contributed by atoms with E-state index in [1.54, 1.807) is 12.1 Å². The van der Waals surface area contributed by atoms with Gasteiger partial charge >= 0.3 is 0 Å². The van der Waals surface area contributed by atoms with Crippen molar-refractivity contribution in [3.05, 3.63) is 29.6 Å². The standard InChI is InChI=1S/C18H29FN2/c1-14(2)12-20-13-15-11-16(19)9-10-18(15)21(3)17-7-5-4-6-8-17/h9-11,14,17,20H,4-8,12-13H2,1-3H3. The van der Waals surface area contributed by atoms with Crippen LogP contribution in [0.25, 0.3) is 0 Å². The Hall–Kier alpha value is -1.09. The van der Waals surface area contributed by atoms with Crippen molar-refractivity contribution in [1.29, 1.82) is 0 Å². The van der Waals surface area contributed by atoms with E-state index in [2.05, 4.69) is 31.1 Å². The number of rotatable bonds is 6. The topological polar surface area (TPSA) is 15.3 Å². The maximum absolute atomic E-state index is 13.6. The predicted octanol–water partition coefficient (Wildman–Crippen LogP) is 4.34. The molecular weight excluding hydrogens is 263 g/mol. The van der Waals surface area contributed by atoms with Gasteiger partial charge in [0.25, 0.3) is 0 Å². The molecule has 0 unspecified atom stereocenters. The first-order valence-corrected chi connectivity index (χ1v) is 8.30. The van der Waals surface area contributed by atoms with E-state index in [4.69, 9.17) is 0 Å². The van der Waals surface area contributed by atoms with Gasteiger partial charge in [0.05, 0.1) is 0 Å². The molecule has 0 heterocycles. The molecule has 0 radical (unpaired) electrons. The van der Waals surface area contributed by atoms with Crippen molar-refractivity contribution in [2.45, 2.75) is 58.5 Å². The maximum atomic E-state index is 13.6. The Morgan fingerprint density at radius 1 is 1.24 bits per heavy atom. The predicted molar refractivity (Wildman–Crippen MR) is 88.2 cm³/mol. The van der Waals surface area contributed by atoms with Crippen LogP contribution in [-0.2, 0) is 6.54 Å². The number of anilines is 1. The zero-order valence-corrected chi connectivity index (χ0v) is 13.7. The number of nitrogens with zero attached hydrogens (tertiary/aromatic N) is 1. The molecule has 2 rings (SSSR count). The monoisotopic (exact) mass is 292 g/mol. The van der Waals surface area contributed by atoms with Gasteiger partial charge in [-0.25, -0.2) is 4.39 Å². The van der Waals surface area contributed by atoms with Crippen LogP contribution in [0, 0.1) is 11.7 Å². The van der Waals surface area contributed by atoms with Crippen molar-refractivity contribution < 1.29 is 4.39 Å². The Morgan fingerprint density at radius 2 is 1.95 bits per heavy atom. The smallest absolute Gasteiger partial charge is 0.123 e. The summed E-state index contributed by atoms with van der Waals surface area (Å²) in [5, 5.41) is 3.43. The van der Waals surface area contributed by atoms with E-state index in [1.807, 2.05) is 6.07 Å². The fourth-order valence-electron chi connectivity index (χ4n) is 3.20. The van der Waals surface area contributed by atoms with Crippen LogP contribution >= 0.6 is 0 Å². The minimum atomic E-state index is -0.142. The quantitative estimate of drug-likeness (QED) is 0.839. The summed E-state index contributed by atoms with van der Waals surface area (Å²) in [7, 11) is 2.16. The van der Waals surface area contributed by atoms with E-state index in [1.165, 1.54) is 37.8 Å². The average molecular weight is 292 g/mol. The molecule has 0 bridgehead atoms. The van der Waals surface area contributed by atoms with E-state index in [0.29, 0.717) is 12.0 Å². The van der Waals surface area contributed by atoms with E-state index < -0.39 is 0 Å². The number of benzene rings is 1. The highest BCUT2D eigenvalue weighted by molar-refractivity contribution is 5.54. The van der Waals surface area contributed by atoms with E-state index in [-0.39, 0.29) is 5.82 Å². The van der Waals surface area contributed by atoms with Crippen molar-refractivity contribution in [3.63, 3.8) is 0 Å². The first-order chi connectivity index (χ1) is 10.1. The summed E-state index contributed by atoms with van der Waals surface area (Å²) < 4.78 is 13.6. The third-order valence-electron chi connectivity index (χ3n) is 4.41. The molecule has 21 heavy (non-hydrogen) atoms. The van der Waals surface area contributed by atoms with Crippen LogP contribution in [-0.4, -0.2) is 19.6 Å². The second-order valence-corrected chi connectivity index (χ2v) is 6.70. The third-order valence-corrected chi connectivity index (χ3v) is 4.41. The van der Waals surface area contributed by atoms with Crippen LogP contribution in [0.1, 0.15) is 51.5 Å². The zero-order valence-electron chi connectivity index (χ0n) is 13.7. The van der Waals surface area contributed by atoms with Crippen molar-refractivity contribution in [1.82, 2.24) is 5.32 Å². The molecule has 0 atom stereocenters. The molecule has 1 saturated carbocycles. The highest BCUT2D eigenvalue weighted by Gasteiger charge is 2.20. The van der Waals surface area contributed by atoms with Gasteiger partial charge in [-0.1, -0.05) is 33.1 Å². The Balaban J connectivity index is 2.09. The minimum Gasteiger partial charge on any atom is -0.371 e. The van der Waals surface area contributed by atoms with Gasteiger partial charge < -0.3 is 10.2 Å². The van der Waals surface area contributed by atoms with Crippen LogP contribution in [0.2, 0.25) is 0 Å². The molecule has 1 aliphatic carbocycles. The van der Waals surface area contributed by atoms with Gasteiger partial charge in [-0.05, 0) is 49.1 Å². The maximum Gasteiger partial charge on any atom is 0.123 e. The Labute approximate surface area is 128 Å². The average Bonchev–Trinajstić information content (AvgIpc) is 2.47. The van der Waals surface area contributed by atoms with Crippen LogP contribution in [0.4, 0.5) is 10.1 Å². The third kappa shape index (κ3) is 4.70. The summed E-state index contributed by atoms with van der Waals surface area (Å²) in [4.78, 5) is 2.37. The molecule has 2 nitrogen and oxygen atoms in total. The van der Waals surface area contributed by atoms with Gasteiger partial charge in [-0.2, -0.15) is 0 Å². The summed E-state index contributed by atoms with van der Waals surface area (Å²) in [6.45, 7) is 6.08. The molecule has 0 aromatic heterocycles. The molecule has 0 aliphatic heterocycles. The highest BCUT2D eigenvalue weighted by atomic mass is 19.1. The van der Waals surface area contributed by atoms with Crippen molar-refractivity contribution in [2.24, 2.45) is 5.92 Å². The SMILES string of the molecule is CC(C)CNCc1cc(F)ccc1N(C)C1CCCCC1. The summed E-state index contributed by atoms with van der Waals surface area (Å²) in [5.74, 6) is 0.468. The Bertz CT molecular complexity index is 439. The molecule has 1 aromatic rings. The molecule has 1 fully saturated rings. The van der Waals surface area contributed by atoms with Crippen molar-refractivity contribution in [2.75, 3.05) is 18.5 Å². The number of hydrogen-bond acceptors (Lipinski definition) is 2. The molecule has 3 heteroatoms. The largest absolute Gasteiger partial charge is 0.371 e. The van der Waals surface area contributed by atoms with Gasteiger partial charge in [-0.15, -0.1) is 0 Å². The first-order valence-electron chi connectivity index (χ1n) is 8.30. The van der Waals surface area contributed by atoms with Gasteiger partial charge in [-0.3, -0.25) is 0 Å². The fraction of sp³-hybridized carbons (Fsp3) is 0.667. The fourth-order valence-corrected chi connectivity index (χ4v) is 3.20. The molecule has 1 N–H and O–H groups in total. The van der Waals surface area contributed by atoms with Crippen molar-refractivity contribution >= 4 is 5.69 Å². The summed E-state index contributed by atoms with van der Waals surface area (Å²) >= 11 is 0. The highest BCUT2D eigenvalue weighted by Crippen LogP contribution is 2.29. The number of nitrogens with one attached hydrogen (secondary N) is 1. The van der Waals surface area contributed by atoms with E-state index >= 15 is 0 Å². The summed E-state index contributed by atoms with van der Waals surface area (Å²) in [5.41, 5.74) is 2.25. The summed E-state index contributed by atoms with van der Waals surface area (Å²) in [6, 6.07) is 5.81. The lowest BCUT2D eigenvalue weighted by Gasteiger charge is -2.34. The lowest BCUT2D eigenvalue weighted by molar-refractivity contribution is 0.426. The Morgan fingerprint density at radius 3 is 2.62 bits per heavy atom. The molecule has 1 aliphatic rings. The van der Waals surface area contributed by atoms with Gasteiger partial charge in [0.15, 0.2) is 0 Å². The first kappa shape index (κ1) is 16.3. The lowest BCUT2D eigenvalue weighted by atomic mass is 9.93. The van der Waals surface area contributed by atoms with Crippen LogP contribution in [0.3, 0.4) is 0 Å². The number of hydrogen-bond donors (Lipinski definition) is 1. The van der Waals surface area contributed by atoms with Crippen LogP contribution < -0.4 is 10.2 Å².